The van der Waals surface area contributed by atoms with Crippen LogP contribution in [0.4, 0.5) is 0 Å². The highest BCUT2D eigenvalue weighted by Crippen LogP contribution is 2.20. The van der Waals surface area contributed by atoms with Crippen molar-refractivity contribution in [3.05, 3.63) is 30.3 Å². The van der Waals surface area contributed by atoms with Crippen LogP contribution >= 0.6 is 0 Å². The lowest BCUT2D eigenvalue weighted by atomic mass is 10.2. The molecule has 2 rings (SSSR count). The Hall–Kier alpha value is -1.33. The molecule has 0 radical (unpaired) electrons. The molecule has 74 valence electrons. The zero-order valence-electron chi connectivity index (χ0n) is 7.64. The minimum atomic E-state index is -3.63. The first-order valence-corrected chi connectivity index (χ1v) is 5.62. The zero-order chi connectivity index (χ0) is 10.3. The van der Waals surface area contributed by atoms with Gasteiger partial charge >= 0.3 is 0 Å². The van der Waals surface area contributed by atoms with Crippen molar-refractivity contribution in [2.45, 2.75) is 5.03 Å². The molecule has 0 aliphatic carbocycles. The fourth-order valence-electron chi connectivity index (χ4n) is 1.54. The van der Waals surface area contributed by atoms with Gasteiger partial charge in [0.05, 0.1) is 0 Å². The van der Waals surface area contributed by atoms with Gasteiger partial charge in [-0.25, -0.2) is 13.6 Å². The molecule has 0 atom stereocenters. The van der Waals surface area contributed by atoms with Crippen molar-refractivity contribution in [2.75, 3.05) is 0 Å². The monoisotopic (exact) mass is 210 g/mol. The number of hydrogen-bond donors (Lipinski definition) is 1. The molecule has 0 unspecified atom stereocenters. The van der Waals surface area contributed by atoms with Gasteiger partial charge in [-0.15, -0.1) is 0 Å². The predicted molar refractivity (Wildman–Crippen MR) is 54.3 cm³/mol. The van der Waals surface area contributed by atoms with E-state index in [1.807, 2.05) is 24.3 Å². The second-order valence-corrected chi connectivity index (χ2v) is 4.65. The van der Waals surface area contributed by atoms with Gasteiger partial charge in [-0.05, 0) is 12.1 Å². The highest BCUT2D eigenvalue weighted by Gasteiger charge is 2.14. The number of fused-ring (bicyclic) bond motifs is 1. The lowest BCUT2D eigenvalue weighted by molar-refractivity contribution is 0.589. The van der Waals surface area contributed by atoms with Gasteiger partial charge in [0.2, 0.25) is 0 Å². The molecule has 0 aliphatic heterocycles. The van der Waals surface area contributed by atoms with Crippen molar-refractivity contribution in [1.82, 2.24) is 4.57 Å². The minimum Gasteiger partial charge on any atom is -0.334 e. The third kappa shape index (κ3) is 1.30. The molecule has 5 heteroatoms. The standard InChI is InChI=1S/C9H10N2O2S/c1-11-8-5-3-2-4-7(8)6-9(11)14(10,12)13/h2-6H,1H3,(H2,10,12,13). The first kappa shape index (κ1) is 9.23. The van der Waals surface area contributed by atoms with Gasteiger partial charge in [0.15, 0.2) is 5.03 Å². The van der Waals surface area contributed by atoms with E-state index >= 15 is 0 Å². The number of rotatable bonds is 1. The quantitative estimate of drug-likeness (QED) is 0.757. The Morgan fingerprint density at radius 2 is 1.93 bits per heavy atom. The van der Waals surface area contributed by atoms with Gasteiger partial charge in [-0.3, -0.25) is 0 Å². The zero-order valence-corrected chi connectivity index (χ0v) is 8.45. The molecule has 0 fully saturated rings. The molecule has 0 spiro atoms. The molecular formula is C9H10N2O2S. The Labute approximate surface area is 82.0 Å². The second kappa shape index (κ2) is 2.83. The van der Waals surface area contributed by atoms with Crippen LogP contribution in [0.25, 0.3) is 10.9 Å². The number of hydrogen-bond acceptors (Lipinski definition) is 2. The number of aryl methyl sites for hydroxylation is 1. The fourth-order valence-corrected chi connectivity index (χ4v) is 2.31. The molecular weight excluding hydrogens is 200 g/mol. The molecule has 0 saturated carbocycles. The van der Waals surface area contributed by atoms with Crippen molar-refractivity contribution >= 4 is 20.9 Å². The first-order chi connectivity index (χ1) is 6.50. The van der Waals surface area contributed by atoms with E-state index in [9.17, 15) is 8.42 Å². The Morgan fingerprint density at radius 3 is 2.50 bits per heavy atom. The molecule has 0 bridgehead atoms. The normalized spacial score (nSPS) is 12.1. The average Bonchev–Trinajstić information content (AvgIpc) is 2.44. The molecule has 4 nitrogen and oxygen atoms in total. The number of nitrogens with two attached hydrogens (primary N) is 1. The van der Waals surface area contributed by atoms with Gasteiger partial charge < -0.3 is 4.57 Å². The smallest absolute Gasteiger partial charge is 0.253 e. The van der Waals surface area contributed by atoms with Crippen molar-refractivity contribution in [3.63, 3.8) is 0 Å². The van der Waals surface area contributed by atoms with E-state index in [2.05, 4.69) is 0 Å². The van der Waals surface area contributed by atoms with Gasteiger partial charge in [0, 0.05) is 18.0 Å². The van der Waals surface area contributed by atoms with Crippen molar-refractivity contribution in [2.24, 2.45) is 12.2 Å². The van der Waals surface area contributed by atoms with Crippen LogP contribution < -0.4 is 5.14 Å². The molecule has 14 heavy (non-hydrogen) atoms. The van der Waals surface area contributed by atoms with Gasteiger partial charge in [0.1, 0.15) is 0 Å². The van der Waals surface area contributed by atoms with E-state index in [-0.39, 0.29) is 5.03 Å². The molecule has 1 aromatic carbocycles. The molecule has 2 N–H and O–H groups in total. The van der Waals surface area contributed by atoms with E-state index in [0.717, 1.165) is 10.9 Å². The summed E-state index contributed by atoms with van der Waals surface area (Å²) in [6.07, 6.45) is 0. The van der Waals surface area contributed by atoms with Crippen LogP contribution in [0.15, 0.2) is 35.4 Å². The Kier molecular flexibility index (Phi) is 1.87. The van der Waals surface area contributed by atoms with Crippen LogP contribution in [0.3, 0.4) is 0 Å². The molecule has 0 amide bonds. The maximum absolute atomic E-state index is 11.2. The number of primary sulfonamides is 1. The summed E-state index contributed by atoms with van der Waals surface area (Å²) in [6.45, 7) is 0. The number of benzene rings is 1. The van der Waals surface area contributed by atoms with Crippen molar-refractivity contribution in [1.29, 1.82) is 0 Å². The fraction of sp³-hybridized carbons (Fsp3) is 0.111. The summed E-state index contributed by atoms with van der Waals surface area (Å²) in [7, 11) is -1.95. The Balaban J connectivity index is 2.89. The molecule has 1 aromatic heterocycles. The molecule has 1 heterocycles. The summed E-state index contributed by atoms with van der Waals surface area (Å²) in [4.78, 5) is 0. The van der Waals surface area contributed by atoms with Crippen LogP contribution in [0, 0.1) is 0 Å². The predicted octanol–water partition coefficient (Wildman–Crippen LogP) is 0.826. The SMILES string of the molecule is Cn1c(S(N)(=O)=O)cc2ccccc21. The summed E-state index contributed by atoms with van der Waals surface area (Å²) < 4.78 is 23.9. The summed E-state index contributed by atoms with van der Waals surface area (Å²) >= 11 is 0. The summed E-state index contributed by atoms with van der Waals surface area (Å²) in [5.74, 6) is 0. The minimum absolute atomic E-state index is 0.138. The van der Waals surface area contributed by atoms with Crippen molar-refractivity contribution < 1.29 is 8.42 Å². The topological polar surface area (TPSA) is 65.1 Å². The van der Waals surface area contributed by atoms with E-state index in [1.54, 1.807) is 17.7 Å². The van der Waals surface area contributed by atoms with E-state index in [0.29, 0.717) is 0 Å². The molecule has 0 saturated heterocycles. The Bertz CT molecular complexity index is 584. The largest absolute Gasteiger partial charge is 0.334 e. The van der Waals surface area contributed by atoms with E-state index < -0.39 is 10.0 Å². The number of aromatic nitrogens is 1. The van der Waals surface area contributed by atoms with Gasteiger partial charge in [-0.1, -0.05) is 18.2 Å². The van der Waals surface area contributed by atoms with Crippen LogP contribution in [0.5, 0.6) is 0 Å². The molecule has 2 aromatic rings. The molecule has 0 aliphatic rings. The summed E-state index contributed by atoms with van der Waals surface area (Å²) in [5.41, 5.74) is 0.858. The van der Waals surface area contributed by atoms with E-state index in [4.69, 9.17) is 5.14 Å². The third-order valence-electron chi connectivity index (χ3n) is 2.20. The van der Waals surface area contributed by atoms with Crippen LogP contribution in [0.1, 0.15) is 0 Å². The first-order valence-electron chi connectivity index (χ1n) is 4.07. The maximum Gasteiger partial charge on any atom is 0.253 e. The maximum atomic E-state index is 11.2. The lowest BCUT2D eigenvalue weighted by Gasteiger charge is -2.00. The number of para-hydroxylation sites is 1. The summed E-state index contributed by atoms with van der Waals surface area (Å²) in [5, 5.41) is 6.08. The van der Waals surface area contributed by atoms with Crippen molar-refractivity contribution in [3.8, 4) is 0 Å². The number of nitrogens with zero attached hydrogens (tertiary/aromatic N) is 1. The highest BCUT2D eigenvalue weighted by molar-refractivity contribution is 7.89. The Morgan fingerprint density at radius 1 is 1.29 bits per heavy atom. The van der Waals surface area contributed by atoms with Crippen LogP contribution in [-0.4, -0.2) is 13.0 Å². The average molecular weight is 210 g/mol. The lowest BCUT2D eigenvalue weighted by Crippen LogP contribution is -2.15. The van der Waals surface area contributed by atoms with Crippen LogP contribution in [-0.2, 0) is 17.1 Å². The third-order valence-corrected chi connectivity index (χ3v) is 3.17. The highest BCUT2D eigenvalue weighted by atomic mass is 32.2. The van der Waals surface area contributed by atoms with Gasteiger partial charge in [-0.2, -0.15) is 0 Å². The van der Waals surface area contributed by atoms with Gasteiger partial charge in [0.25, 0.3) is 10.0 Å². The summed E-state index contributed by atoms with van der Waals surface area (Å²) in [6, 6.07) is 8.99. The second-order valence-electron chi connectivity index (χ2n) is 3.15. The van der Waals surface area contributed by atoms with Crippen LogP contribution in [0.2, 0.25) is 0 Å². The number of sulfonamides is 1. The van der Waals surface area contributed by atoms with E-state index in [1.165, 1.54) is 0 Å².